The Kier molecular flexibility index (Phi) is 7.57. The van der Waals surface area contributed by atoms with Gasteiger partial charge in [0.2, 0.25) is 0 Å². The van der Waals surface area contributed by atoms with E-state index in [1.165, 1.54) is 17.2 Å². The quantitative estimate of drug-likeness (QED) is 0.252. The molecule has 1 saturated heterocycles. The molecular weight excluding hydrogens is 510 g/mol. The highest BCUT2D eigenvalue weighted by atomic mass is 31.3. The van der Waals surface area contributed by atoms with Crippen molar-refractivity contribution < 1.29 is 47.5 Å². The van der Waals surface area contributed by atoms with E-state index in [4.69, 9.17) is 9.63 Å². The highest BCUT2D eigenvalue weighted by molar-refractivity contribution is 7.63. The van der Waals surface area contributed by atoms with Crippen LogP contribution in [0.1, 0.15) is 31.9 Å². The van der Waals surface area contributed by atoms with Gasteiger partial charge in [-0.3, -0.25) is 19.0 Å². The summed E-state index contributed by atoms with van der Waals surface area (Å²) in [6.07, 6.45) is 0.752. The molecule has 6 N–H and O–H groups in total. The van der Waals surface area contributed by atoms with Crippen molar-refractivity contribution in [2.24, 2.45) is 0 Å². The Labute approximate surface area is 198 Å². The Morgan fingerprint density at radius 1 is 1.20 bits per heavy atom. The van der Waals surface area contributed by atoms with Crippen LogP contribution < -0.4 is 10.6 Å². The topological polar surface area (TPSA) is 227 Å². The summed E-state index contributed by atoms with van der Waals surface area (Å²) in [4.78, 5) is 43.3. The smallest absolute Gasteiger partial charge is 0.387 e. The number of hydrogen-bond donors (Lipinski definition) is 6. The lowest BCUT2D eigenvalue weighted by Crippen LogP contribution is -2.36. The molecule has 194 valence electrons. The van der Waals surface area contributed by atoms with Crippen LogP contribution in [0, 0.1) is 0 Å². The first-order valence-corrected chi connectivity index (χ1v) is 14.2. The summed E-state index contributed by atoms with van der Waals surface area (Å²) in [6, 6.07) is -0.347. The lowest BCUT2D eigenvalue weighted by molar-refractivity contribution is -0.0501. The van der Waals surface area contributed by atoms with Gasteiger partial charge in [-0.1, -0.05) is 12.8 Å². The fourth-order valence-corrected chi connectivity index (χ4v) is 6.06. The zero-order valence-electron chi connectivity index (χ0n) is 18.5. The number of aliphatic hydroxyl groups excluding tert-OH is 2. The predicted octanol–water partition coefficient (Wildman–Crippen LogP) is 0.458. The van der Waals surface area contributed by atoms with Gasteiger partial charge in [0.15, 0.2) is 23.2 Å². The average molecular weight is 536 g/mol. The first-order valence-electron chi connectivity index (χ1n) is 10.7. The third-order valence-electron chi connectivity index (χ3n) is 5.55. The Morgan fingerprint density at radius 2 is 1.91 bits per heavy atom. The molecule has 3 heterocycles. The van der Waals surface area contributed by atoms with E-state index < -0.39 is 52.6 Å². The minimum Gasteiger partial charge on any atom is -0.387 e. The zero-order valence-corrected chi connectivity index (χ0v) is 20.3. The first-order chi connectivity index (χ1) is 16.4. The molecule has 3 unspecified atom stereocenters. The maximum atomic E-state index is 12.3. The fraction of sp³-hybridized carbons (Fsp3) is 0.647. The predicted molar refractivity (Wildman–Crippen MR) is 118 cm³/mol. The number of aromatic nitrogens is 4. The Morgan fingerprint density at radius 3 is 2.60 bits per heavy atom. The number of nitrogens with zero attached hydrogens (tertiary/aromatic N) is 4. The third-order valence-corrected chi connectivity index (χ3v) is 8.06. The average Bonchev–Trinajstić information content (AvgIpc) is 3.47. The van der Waals surface area contributed by atoms with E-state index in [1.54, 1.807) is 0 Å². The van der Waals surface area contributed by atoms with Gasteiger partial charge in [-0.05, 0) is 12.8 Å². The molecule has 1 aliphatic heterocycles. The van der Waals surface area contributed by atoms with Gasteiger partial charge in [0.1, 0.15) is 24.6 Å². The zero-order chi connectivity index (χ0) is 25.4. The van der Waals surface area contributed by atoms with E-state index in [0.717, 1.165) is 25.7 Å². The van der Waals surface area contributed by atoms with E-state index >= 15 is 0 Å². The highest BCUT2D eigenvalue weighted by Gasteiger charge is 2.45. The number of fused-ring (bicyclic) bond motifs is 1. The van der Waals surface area contributed by atoms with Gasteiger partial charge in [-0.15, -0.1) is 0 Å². The van der Waals surface area contributed by atoms with Gasteiger partial charge in [-0.2, -0.15) is 0 Å². The number of hydrogen-bond acceptors (Lipinski definition) is 11. The van der Waals surface area contributed by atoms with E-state index in [-0.39, 0.29) is 23.0 Å². The van der Waals surface area contributed by atoms with Crippen LogP contribution in [0.5, 0.6) is 0 Å². The Hall–Kier alpha value is -2.00. The van der Waals surface area contributed by atoms with Crippen LogP contribution in [0.25, 0.3) is 11.2 Å². The molecule has 2 aromatic heterocycles. The van der Waals surface area contributed by atoms with Crippen molar-refractivity contribution in [3.8, 4) is 0 Å². The number of carbonyl (C=O) groups is 1. The molecular formula is C17H26N6O10P2. The molecule has 2 aliphatic rings. The number of ether oxygens (including phenoxy) is 1. The van der Waals surface area contributed by atoms with E-state index in [2.05, 4.69) is 34.4 Å². The minimum absolute atomic E-state index is 0.0915. The number of phosphoric ester groups is 1. The van der Waals surface area contributed by atoms with Gasteiger partial charge in [-0.25, -0.2) is 28.6 Å². The van der Waals surface area contributed by atoms with Gasteiger partial charge >= 0.3 is 21.4 Å². The molecule has 1 saturated carbocycles. The van der Waals surface area contributed by atoms with Crippen molar-refractivity contribution in [1.82, 2.24) is 24.8 Å². The van der Waals surface area contributed by atoms with Crippen molar-refractivity contribution in [3.63, 3.8) is 0 Å². The summed E-state index contributed by atoms with van der Waals surface area (Å²) < 4.78 is 38.6. The molecule has 0 aromatic carbocycles. The third kappa shape index (κ3) is 6.23. The van der Waals surface area contributed by atoms with E-state index in [9.17, 15) is 29.0 Å². The Balaban J connectivity index is 1.46. The van der Waals surface area contributed by atoms with Gasteiger partial charge in [0, 0.05) is 12.7 Å². The number of nitrogens with one attached hydrogen (secondary N) is 2. The SMILES string of the molecule is CP(=O)(O)OP(=O)(O)OC[C@H]1O[C@@H](n2cnc3c(NC(=O)NC4CCCC4)ncnc32)[C@@H](O)C1O. The summed E-state index contributed by atoms with van der Waals surface area (Å²) in [7, 11) is -9.27. The minimum atomic E-state index is -4.93. The monoisotopic (exact) mass is 536 g/mol. The molecule has 35 heavy (non-hydrogen) atoms. The van der Waals surface area contributed by atoms with Crippen molar-refractivity contribution in [3.05, 3.63) is 12.7 Å². The fourth-order valence-electron chi connectivity index (χ4n) is 4.01. The van der Waals surface area contributed by atoms with Crippen LogP contribution >= 0.6 is 15.4 Å². The lowest BCUT2D eigenvalue weighted by Gasteiger charge is -2.18. The summed E-state index contributed by atoms with van der Waals surface area (Å²) in [6.45, 7) is -0.0360. The molecule has 18 heteroatoms. The van der Waals surface area contributed by atoms with Gasteiger partial charge < -0.3 is 30.1 Å². The van der Waals surface area contributed by atoms with Crippen LogP contribution in [0.15, 0.2) is 12.7 Å². The van der Waals surface area contributed by atoms with Gasteiger partial charge in [0.25, 0.3) is 0 Å². The maximum absolute atomic E-state index is 12.3. The van der Waals surface area contributed by atoms with Gasteiger partial charge in [0.05, 0.1) is 12.9 Å². The largest absolute Gasteiger partial charge is 0.479 e. The molecule has 0 bridgehead atoms. The number of rotatable bonds is 8. The van der Waals surface area contributed by atoms with E-state index in [0.29, 0.717) is 6.66 Å². The normalized spacial score (nSPS) is 28.6. The second-order valence-corrected chi connectivity index (χ2v) is 11.8. The lowest BCUT2D eigenvalue weighted by atomic mass is 10.1. The second-order valence-electron chi connectivity index (χ2n) is 8.32. The van der Waals surface area contributed by atoms with Crippen LogP contribution in [-0.4, -0.2) is 83.2 Å². The van der Waals surface area contributed by atoms with Crippen molar-refractivity contribution >= 4 is 38.4 Å². The number of anilines is 1. The molecule has 2 aromatic rings. The molecule has 2 fully saturated rings. The van der Waals surface area contributed by atoms with Crippen molar-refractivity contribution in [2.45, 2.75) is 56.3 Å². The summed E-state index contributed by atoms with van der Waals surface area (Å²) >= 11 is 0. The number of imidazole rings is 1. The molecule has 0 radical (unpaired) electrons. The molecule has 0 spiro atoms. The summed E-state index contributed by atoms with van der Waals surface area (Å²) in [5.74, 6) is 0.128. The molecule has 1 aliphatic carbocycles. The maximum Gasteiger partial charge on any atom is 0.479 e. The summed E-state index contributed by atoms with van der Waals surface area (Å²) in [5, 5.41) is 26.3. The number of urea groups is 1. The molecule has 16 nitrogen and oxygen atoms in total. The van der Waals surface area contributed by atoms with Crippen LogP contribution in [0.4, 0.5) is 10.6 Å². The standard InChI is InChI=1S/C17H26N6O10P2/c1-34(27,28)33-35(29,30)31-6-10-12(24)13(25)16(32-10)23-8-20-11-14(18-7-19-15(11)23)22-17(26)21-9-4-2-3-5-9/h7-10,12-13,16,24-25H,2-6H2,1H3,(H,27,28)(H,29,30)(H2,18,19,21,22,26)/t10-,12?,13+,16-/m1/s1. The number of phosphoric acid groups is 1. The van der Waals surface area contributed by atoms with E-state index in [1.807, 2.05) is 0 Å². The number of carbonyl (C=O) groups excluding carboxylic acids is 1. The van der Waals surface area contributed by atoms with Crippen LogP contribution in [-0.2, 0) is 22.7 Å². The van der Waals surface area contributed by atoms with Crippen LogP contribution in [0.3, 0.4) is 0 Å². The Bertz CT molecular complexity index is 1170. The second kappa shape index (κ2) is 10.2. The molecule has 4 rings (SSSR count). The number of amides is 2. The molecule has 2 amide bonds. The highest BCUT2D eigenvalue weighted by Crippen LogP contribution is 2.58. The van der Waals surface area contributed by atoms with Crippen molar-refractivity contribution in [1.29, 1.82) is 0 Å². The van der Waals surface area contributed by atoms with Crippen LogP contribution in [0.2, 0.25) is 0 Å². The summed E-state index contributed by atoms with van der Waals surface area (Å²) in [5.41, 5.74) is 0.381. The first kappa shape index (κ1) is 26.1. The molecule has 6 atom stereocenters. The number of aliphatic hydroxyl groups is 2. The van der Waals surface area contributed by atoms with Crippen molar-refractivity contribution in [2.75, 3.05) is 18.6 Å².